The van der Waals surface area contributed by atoms with Crippen molar-refractivity contribution in [2.45, 2.75) is 63.9 Å². The van der Waals surface area contributed by atoms with E-state index in [2.05, 4.69) is 10.3 Å². The number of cyclic esters (lactones) is 1. The molecule has 2 aliphatic heterocycles. The lowest BCUT2D eigenvalue weighted by molar-refractivity contribution is -0.130. The zero-order chi connectivity index (χ0) is 28.9. The Morgan fingerprint density at radius 2 is 1.73 bits per heavy atom. The molecule has 0 radical (unpaired) electrons. The summed E-state index contributed by atoms with van der Waals surface area (Å²) < 4.78 is 11.3. The fraction of sp³-hybridized carbons (Fsp3) is 0.367. The third kappa shape index (κ3) is 6.40. The van der Waals surface area contributed by atoms with Crippen LogP contribution in [0.3, 0.4) is 0 Å². The maximum absolute atomic E-state index is 13.4. The van der Waals surface area contributed by atoms with Crippen molar-refractivity contribution in [1.82, 2.24) is 20.1 Å². The monoisotopic (exact) mass is 576 g/mol. The summed E-state index contributed by atoms with van der Waals surface area (Å²) in [5.74, 6) is -0.400. The Kier molecular flexibility index (Phi) is 8.63. The Hall–Kier alpha value is -4.25. The number of ether oxygens (including phenoxy) is 2. The van der Waals surface area contributed by atoms with Crippen LogP contribution in [0, 0.1) is 5.92 Å². The average molecular weight is 577 g/mol. The molecule has 4 atom stereocenters. The molecule has 41 heavy (non-hydrogen) atoms. The van der Waals surface area contributed by atoms with E-state index in [1.54, 1.807) is 11.7 Å². The lowest BCUT2D eigenvalue weighted by Gasteiger charge is -2.30. The summed E-state index contributed by atoms with van der Waals surface area (Å²) in [6.07, 6.45) is 0.0161. The summed E-state index contributed by atoms with van der Waals surface area (Å²) >= 11 is 1.34. The van der Waals surface area contributed by atoms with Gasteiger partial charge in [-0.2, -0.15) is 0 Å². The van der Waals surface area contributed by atoms with E-state index in [0.717, 1.165) is 20.9 Å². The van der Waals surface area contributed by atoms with Crippen molar-refractivity contribution in [2.75, 3.05) is 0 Å². The van der Waals surface area contributed by atoms with Gasteiger partial charge >= 0.3 is 18.2 Å². The largest absolute Gasteiger partial charge is 0.443 e. The van der Waals surface area contributed by atoms with Gasteiger partial charge in [-0.05, 0) is 29.9 Å². The van der Waals surface area contributed by atoms with Crippen LogP contribution in [0.4, 0.5) is 14.4 Å². The molecule has 214 valence electrons. The number of rotatable bonds is 10. The van der Waals surface area contributed by atoms with Gasteiger partial charge in [-0.15, -0.1) is 11.3 Å². The molecule has 0 aliphatic carbocycles. The summed E-state index contributed by atoms with van der Waals surface area (Å²) in [7, 11) is 0. The number of imide groups is 2. The molecule has 5 rings (SSSR count). The number of amides is 5. The quantitative estimate of drug-likeness (QED) is 0.345. The average Bonchev–Trinajstić information content (AvgIpc) is 3.66. The van der Waals surface area contributed by atoms with E-state index in [9.17, 15) is 19.2 Å². The molecule has 0 spiro atoms. The van der Waals surface area contributed by atoms with E-state index in [0.29, 0.717) is 12.8 Å². The van der Waals surface area contributed by atoms with E-state index >= 15 is 0 Å². The van der Waals surface area contributed by atoms with Gasteiger partial charge in [-0.25, -0.2) is 19.3 Å². The molecule has 10 nitrogen and oxygen atoms in total. The van der Waals surface area contributed by atoms with Crippen molar-refractivity contribution in [1.29, 1.82) is 0 Å². The number of aromatic nitrogens is 1. The third-order valence-corrected chi connectivity index (χ3v) is 8.12. The maximum Gasteiger partial charge on any atom is 0.420 e. The Morgan fingerprint density at radius 1 is 1.05 bits per heavy atom. The van der Waals surface area contributed by atoms with E-state index in [1.165, 1.54) is 16.2 Å². The molecule has 2 aromatic carbocycles. The first-order valence-electron chi connectivity index (χ1n) is 13.6. The normalized spacial score (nSPS) is 21.2. The fourth-order valence-electron chi connectivity index (χ4n) is 5.32. The number of hydrogen-bond donors (Lipinski definition) is 1. The van der Waals surface area contributed by atoms with Gasteiger partial charge < -0.3 is 14.8 Å². The Morgan fingerprint density at radius 3 is 2.34 bits per heavy atom. The highest BCUT2D eigenvalue weighted by Crippen LogP contribution is 2.31. The van der Waals surface area contributed by atoms with Crippen molar-refractivity contribution in [3.05, 3.63) is 88.4 Å². The number of hydrogen-bond acceptors (Lipinski definition) is 8. The van der Waals surface area contributed by atoms with Gasteiger partial charge in [0.1, 0.15) is 18.8 Å². The van der Waals surface area contributed by atoms with Gasteiger partial charge in [0.2, 0.25) is 0 Å². The van der Waals surface area contributed by atoms with E-state index in [1.807, 2.05) is 74.5 Å². The summed E-state index contributed by atoms with van der Waals surface area (Å²) in [5.41, 5.74) is 3.46. The first-order valence-corrected chi connectivity index (χ1v) is 14.4. The fourth-order valence-corrected chi connectivity index (χ4v) is 5.83. The van der Waals surface area contributed by atoms with E-state index in [-0.39, 0.29) is 24.9 Å². The first kappa shape index (κ1) is 28.3. The minimum atomic E-state index is -0.819. The van der Waals surface area contributed by atoms with Gasteiger partial charge in [0.05, 0.1) is 16.4 Å². The van der Waals surface area contributed by atoms with Crippen molar-refractivity contribution in [3.63, 3.8) is 0 Å². The molecule has 11 heteroatoms. The third-order valence-electron chi connectivity index (χ3n) is 7.37. The van der Waals surface area contributed by atoms with Gasteiger partial charge in [0, 0.05) is 18.7 Å². The van der Waals surface area contributed by atoms with Crippen LogP contribution in [-0.2, 0) is 33.7 Å². The lowest BCUT2D eigenvalue weighted by Crippen LogP contribution is -2.48. The van der Waals surface area contributed by atoms with E-state index in [4.69, 9.17) is 9.47 Å². The summed E-state index contributed by atoms with van der Waals surface area (Å²) in [4.78, 5) is 59.9. The van der Waals surface area contributed by atoms with Crippen molar-refractivity contribution >= 4 is 35.5 Å². The van der Waals surface area contributed by atoms with Gasteiger partial charge in [0.15, 0.2) is 0 Å². The van der Waals surface area contributed by atoms with Crippen LogP contribution in [0.15, 0.2) is 72.4 Å². The molecule has 1 N–H and O–H groups in total. The zero-order valence-electron chi connectivity index (χ0n) is 22.8. The molecule has 1 aromatic heterocycles. The molecule has 2 saturated heterocycles. The standard InChI is InChI=1S/C30H32N4O6S/c1-19(2)26-27(35)33(28(36)32-26)22(13-20-9-5-3-6-10-20)15-25-24(14-21-11-7-4-8-12-21)34(30(38)40-25)29(37)39-17-23-16-31-18-41-23/h3-12,16,18-19,22,24-26H,13-15,17H2,1-2H3,(H,32,36). The van der Waals surface area contributed by atoms with Crippen LogP contribution in [0.2, 0.25) is 0 Å². The minimum absolute atomic E-state index is 0.0221. The molecule has 2 aliphatic rings. The number of carbonyl (C=O) groups excluding carboxylic acids is 4. The van der Waals surface area contributed by atoms with Crippen LogP contribution in [0.1, 0.15) is 36.3 Å². The molecule has 0 bridgehead atoms. The highest BCUT2D eigenvalue weighted by atomic mass is 32.1. The number of carbonyl (C=O) groups is 4. The van der Waals surface area contributed by atoms with Gasteiger partial charge in [-0.3, -0.25) is 14.7 Å². The second-order valence-corrected chi connectivity index (χ2v) is 11.5. The molecule has 4 unspecified atom stereocenters. The van der Waals surface area contributed by atoms with Crippen LogP contribution >= 0.6 is 11.3 Å². The molecule has 3 aromatic rings. The lowest BCUT2D eigenvalue weighted by atomic mass is 9.92. The zero-order valence-corrected chi connectivity index (χ0v) is 23.7. The first-order chi connectivity index (χ1) is 19.8. The minimum Gasteiger partial charge on any atom is -0.443 e. The summed E-state index contributed by atoms with van der Waals surface area (Å²) in [5, 5.41) is 2.80. The second-order valence-electron chi connectivity index (χ2n) is 10.5. The van der Waals surface area contributed by atoms with Crippen molar-refractivity contribution in [3.8, 4) is 0 Å². The highest BCUT2D eigenvalue weighted by molar-refractivity contribution is 7.09. The number of nitrogens with zero attached hydrogens (tertiary/aromatic N) is 3. The number of benzene rings is 2. The SMILES string of the molecule is CC(C)C1NC(=O)N(C(Cc2ccccc2)CC2OC(=O)N(C(=O)OCc3cncs3)C2Cc2ccccc2)C1=O. The molecule has 0 saturated carbocycles. The smallest absolute Gasteiger partial charge is 0.420 e. The number of urea groups is 1. The topological polar surface area (TPSA) is 118 Å². The van der Waals surface area contributed by atoms with Gasteiger partial charge in [-0.1, -0.05) is 74.5 Å². The number of thiazole rings is 1. The van der Waals surface area contributed by atoms with E-state index < -0.39 is 42.4 Å². The van der Waals surface area contributed by atoms with Crippen LogP contribution in [0.5, 0.6) is 0 Å². The summed E-state index contributed by atoms with van der Waals surface area (Å²) in [6, 6.07) is 16.6. The Bertz CT molecular complexity index is 1370. The Balaban J connectivity index is 1.43. The van der Waals surface area contributed by atoms with Crippen LogP contribution < -0.4 is 5.32 Å². The molecule has 3 heterocycles. The highest BCUT2D eigenvalue weighted by Gasteiger charge is 2.50. The number of nitrogens with one attached hydrogen (secondary N) is 1. The van der Waals surface area contributed by atoms with Crippen molar-refractivity contribution < 1.29 is 28.7 Å². The van der Waals surface area contributed by atoms with Crippen molar-refractivity contribution in [2.24, 2.45) is 5.92 Å². The molecule has 2 fully saturated rings. The summed E-state index contributed by atoms with van der Waals surface area (Å²) in [6.45, 7) is 3.73. The second kappa shape index (κ2) is 12.5. The molecular formula is C30H32N4O6S. The molecule has 5 amide bonds. The van der Waals surface area contributed by atoms with Crippen LogP contribution in [-0.4, -0.2) is 63.1 Å². The molecular weight excluding hydrogens is 544 g/mol. The Labute approximate surface area is 242 Å². The predicted octanol–water partition coefficient (Wildman–Crippen LogP) is 4.79. The van der Waals surface area contributed by atoms with Crippen LogP contribution in [0.25, 0.3) is 0 Å². The predicted molar refractivity (Wildman–Crippen MR) is 151 cm³/mol. The maximum atomic E-state index is 13.4. The van der Waals surface area contributed by atoms with Gasteiger partial charge in [0.25, 0.3) is 5.91 Å².